The highest BCUT2D eigenvalue weighted by Crippen LogP contribution is 2.25. The van der Waals surface area contributed by atoms with Gasteiger partial charge < -0.3 is 10.2 Å². The second-order valence-electron chi connectivity index (χ2n) is 6.26. The zero-order valence-electron chi connectivity index (χ0n) is 14.4. The van der Waals surface area contributed by atoms with Crippen molar-refractivity contribution >= 4 is 29.9 Å². The van der Waals surface area contributed by atoms with Crippen molar-refractivity contribution in [3.8, 4) is 0 Å². The number of fused-ring (bicyclic) bond motifs is 1. The molecule has 0 unspecified atom stereocenters. The van der Waals surface area contributed by atoms with Crippen molar-refractivity contribution in [3.05, 3.63) is 77.2 Å². The smallest absolute Gasteiger partial charge is 0.229 e. The number of hydrogen-bond donors (Lipinski definition) is 1. The predicted molar refractivity (Wildman–Crippen MR) is 105 cm³/mol. The quantitative estimate of drug-likeness (QED) is 0.728. The minimum absolute atomic E-state index is 0. The minimum atomic E-state index is -0.261. The third-order valence-electron chi connectivity index (χ3n) is 4.40. The molecule has 0 fully saturated rings. The Hall–Kier alpha value is -2.66. The lowest BCUT2D eigenvalue weighted by molar-refractivity contribution is 0.628. The Morgan fingerprint density at radius 2 is 1.73 bits per heavy atom. The molecule has 0 bridgehead atoms. The molecule has 0 radical (unpaired) electrons. The Bertz CT molecular complexity index is 899. The lowest BCUT2D eigenvalue weighted by Crippen LogP contribution is -2.31. The van der Waals surface area contributed by atoms with Crippen molar-refractivity contribution in [3.63, 3.8) is 0 Å². The van der Waals surface area contributed by atoms with Gasteiger partial charge in [0.2, 0.25) is 5.95 Å². The number of aromatic nitrogens is 2. The average Bonchev–Trinajstić information content (AvgIpc) is 2.63. The fourth-order valence-electron chi connectivity index (χ4n) is 3.12. The maximum absolute atomic E-state index is 13.1. The maximum Gasteiger partial charge on any atom is 0.229 e. The molecule has 4 rings (SSSR count). The van der Waals surface area contributed by atoms with Crippen molar-refractivity contribution < 1.29 is 4.39 Å². The van der Waals surface area contributed by atoms with Crippen LogP contribution in [0.1, 0.15) is 16.8 Å². The van der Waals surface area contributed by atoms with Crippen molar-refractivity contribution in [2.75, 3.05) is 16.8 Å². The molecular formula is C20H20ClFN4. The van der Waals surface area contributed by atoms with Crippen molar-refractivity contribution in [1.29, 1.82) is 0 Å². The number of benzene rings is 2. The fourth-order valence-corrected chi connectivity index (χ4v) is 3.12. The van der Waals surface area contributed by atoms with Gasteiger partial charge in [0.05, 0.1) is 0 Å². The van der Waals surface area contributed by atoms with Crippen LogP contribution in [0.4, 0.5) is 21.8 Å². The molecule has 0 aliphatic carbocycles. The van der Waals surface area contributed by atoms with Gasteiger partial charge in [0.1, 0.15) is 11.6 Å². The molecule has 26 heavy (non-hydrogen) atoms. The van der Waals surface area contributed by atoms with Crippen LogP contribution < -0.4 is 10.2 Å². The summed E-state index contributed by atoms with van der Waals surface area (Å²) in [6.45, 7) is 3.74. The molecule has 0 saturated heterocycles. The molecule has 0 saturated carbocycles. The Kier molecular flexibility index (Phi) is 5.38. The van der Waals surface area contributed by atoms with E-state index in [2.05, 4.69) is 44.5 Å². The number of nitrogens with one attached hydrogen (secondary N) is 1. The lowest BCUT2D eigenvalue weighted by atomic mass is 10.00. The summed E-state index contributed by atoms with van der Waals surface area (Å²) in [4.78, 5) is 11.4. The number of hydrogen-bond acceptors (Lipinski definition) is 4. The monoisotopic (exact) mass is 370 g/mol. The minimum Gasteiger partial charge on any atom is -0.352 e. The molecule has 1 N–H and O–H groups in total. The van der Waals surface area contributed by atoms with Gasteiger partial charge in [0.25, 0.3) is 0 Å². The zero-order chi connectivity index (χ0) is 17.2. The molecule has 2 aromatic carbocycles. The maximum atomic E-state index is 13.1. The summed E-state index contributed by atoms with van der Waals surface area (Å²) in [6.07, 6.45) is 1.01. The summed E-state index contributed by atoms with van der Waals surface area (Å²) < 4.78 is 13.1. The van der Waals surface area contributed by atoms with Gasteiger partial charge in [0, 0.05) is 30.5 Å². The number of halogens is 2. The number of nitrogens with zero attached hydrogens (tertiary/aromatic N) is 3. The first-order valence-electron chi connectivity index (χ1n) is 8.37. The standard InChI is InChI=1S/C20H19FN4.ClH/c1-14-12-19(25-11-10-15-4-2-3-5-16(15)13-25)24-20(22-14)23-18-8-6-17(21)7-9-18;/h2-9,12H,10-11,13H2,1H3,(H,22,23,24);1H. The van der Waals surface area contributed by atoms with E-state index in [4.69, 9.17) is 0 Å². The Labute approximate surface area is 158 Å². The highest BCUT2D eigenvalue weighted by molar-refractivity contribution is 5.85. The van der Waals surface area contributed by atoms with E-state index in [1.807, 2.05) is 13.0 Å². The molecule has 1 aliphatic heterocycles. The van der Waals surface area contributed by atoms with E-state index < -0.39 is 0 Å². The van der Waals surface area contributed by atoms with Gasteiger partial charge in [-0.25, -0.2) is 9.37 Å². The van der Waals surface area contributed by atoms with Crippen LogP contribution in [0.3, 0.4) is 0 Å². The molecule has 0 spiro atoms. The molecule has 134 valence electrons. The number of anilines is 3. The number of aryl methyl sites for hydroxylation is 1. The van der Waals surface area contributed by atoms with Gasteiger partial charge in [0.15, 0.2) is 0 Å². The van der Waals surface area contributed by atoms with Crippen molar-refractivity contribution in [2.45, 2.75) is 19.9 Å². The van der Waals surface area contributed by atoms with Crippen LogP contribution in [0, 0.1) is 12.7 Å². The van der Waals surface area contributed by atoms with E-state index in [0.717, 1.165) is 36.7 Å². The van der Waals surface area contributed by atoms with Gasteiger partial charge in [-0.15, -0.1) is 12.4 Å². The van der Waals surface area contributed by atoms with Gasteiger partial charge in [-0.05, 0) is 48.7 Å². The lowest BCUT2D eigenvalue weighted by Gasteiger charge is -2.30. The van der Waals surface area contributed by atoms with Crippen LogP contribution >= 0.6 is 12.4 Å². The predicted octanol–water partition coefficient (Wildman–Crippen LogP) is 4.65. The fraction of sp³-hybridized carbons (Fsp3) is 0.200. The van der Waals surface area contributed by atoms with Crippen LogP contribution in [0.5, 0.6) is 0 Å². The molecule has 1 aliphatic rings. The summed E-state index contributed by atoms with van der Waals surface area (Å²) in [7, 11) is 0. The Morgan fingerprint density at radius 1 is 1.00 bits per heavy atom. The highest BCUT2D eigenvalue weighted by atomic mass is 35.5. The second-order valence-corrected chi connectivity index (χ2v) is 6.26. The molecule has 6 heteroatoms. The van der Waals surface area contributed by atoms with E-state index in [1.165, 1.54) is 23.3 Å². The van der Waals surface area contributed by atoms with Crippen molar-refractivity contribution in [1.82, 2.24) is 9.97 Å². The molecule has 0 amide bonds. The van der Waals surface area contributed by atoms with Crippen LogP contribution in [0.15, 0.2) is 54.6 Å². The summed E-state index contributed by atoms with van der Waals surface area (Å²) in [5.41, 5.74) is 4.42. The third kappa shape index (κ3) is 3.94. The van der Waals surface area contributed by atoms with Crippen LogP contribution in [-0.4, -0.2) is 16.5 Å². The molecule has 1 aromatic heterocycles. The first kappa shape index (κ1) is 18.1. The van der Waals surface area contributed by atoms with E-state index in [9.17, 15) is 4.39 Å². The van der Waals surface area contributed by atoms with Crippen LogP contribution in [0.25, 0.3) is 0 Å². The Balaban J connectivity index is 0.00000196. The van der Waals surface area contributed by atoms with Crippen LogP contribution in [0.2, 0.25) is 0 Å². The zero-order valence-corrected chi connectivity index (χ0v) is 15.3. The van der Waals surface area contributed by atoms with Gasteiger partial charge >= 0.3 is 0 Å². The van der Waals surface area contributed by atoms with E-state index in [0.29, 0.717) is 5.95 Å². The SMILES string of the molecule is Cc1cc(N2CCc3ccccc3C2)nc(Nc2ccc(F)cc2)n1.Cl. The van der Waals surface area contributed by atoms with Gasteiger partial charge in [-0.1, -0.05) is 24.3 Å². The summed E-state index contributed by atoms with van der Waals surface area (Å²) in [6, 6.07) is 16.7. The second kappa shape index (κ2) is 7.70. The first-order valence-corrected chi connectivity index (χ1v) is 8.37. The van der Waals surface area contributed by atoms with Crippen molar-refractivity contribution in [2.24, 2.45) is 0 Å². The molecule has 4 nitrogen and oxygen atoms in total. The third-order valence-corrected chi connectivity index (χ3v) is 4.40. The van der Waals surface area contributed by atoms with Gasteiger partial charge in [-0.2, -0.15) is 4.98 Å². The Morgan fingerprint density at radius 3 is 2.50 bits per heavy atom. The summed E-state index contributed by atoms with van der Waals surface area (Å²) in [5, 5.41) is 3.16. The highest BCUT2D eigenvalue weighted by Gasteiger charge is 2.18. The molecular weight excluding hydrogens is 351 g/mol. The first-order chi connectivity index (χ1) is 12.2. The normalized spacial score (nSPS) is 12.9. The summed E-state index contributed by atoms with van der Waals surface area (Å²) >= 11 is 0. The van der Waals surface area contributed by atoms with Crippen LogP contribution in [-0.2, 0) is 13.0 Å². The topological polar surface area (TPSA) is 41.1 Å². The average molecular weight is 371 g/mol. The molecule has 3 aromatic rings. The largest absolute Gasteiger partial charge is 0.352 e. The number of rotatable bonds is 3. The summed E-state index contributed by atoms with van der Waals surface area (Å²) in [5.74, 6) is 1.18. The van der Waals surface area contributed by atoms with Gasteiger partial charge in [-0.3, -0.25) is 0 Å². The molecule has 0 atom stereocenters. The van der Waals surface area contributed by atoms with E-state index in [1.54, 1.807) is 12.1 Å². The molecule has 2 heterocycles. The van der Waals surface area contributed by atoms with E-state index in [-0.39, 0.29) is 18.2 Å². The van der Waals surface area contributed by atoms with E-state index >= 15 is 0 Å².